The lowest BCUT2D eigenvalue weighted by Gasteiger charge is -2.29. The first-order valence-corrected chi connectivity index (χ1v) is 16.2. The van der Waals surface area contributed by atoms with Crippen molar-refractivity contribution in [2.45, 2.75) is 80.9 Å². The van der Waals surface area contributed by atoms with Gasteiger partial charge in [-0.2, -0.15) is 0 Å². The summed E-state index contributed by atoms with van der Waals surface area (Å²) in [6.45, 7) is 5.82. The number of thiazole rings is 1. The first-order chi connectivity index (χ1) is 19.9. The SMILES string of the molecule is CC(C)(C)OC(=O)NC1CCC(Cc2ncc(CNC(=O)c3ccc4c(c3)NC(=O)c3ccccc3S4(=O)=O)s2)CC1. The molecule has 3 amide bonds. The molecule has 0 bridgehead atoms. The molecule has 3 N–H and O–H groups in total. The van der Waals surface area contributed by atoms with E-state index in [4.69, 9.17) is 4.74 Å². The summed E-state index contributed by atoms with van der Waals surface area (Å²) in [7, 11) is -3.94. The zero-order chi connectivity index (χ0) is 30.1. The molecular formula is C30H34N4O6S2. The molecule has 42 heavy (non-hydrogen) atoms. The summed E-state index contributed by atoms with van der Waals surface area (Å²) in [5.41, 5.74) is -0.153. The molecule has 10 nitrogen and oxygen atoms in total. The third kappa shape index (κ3) is 6.81. The van der Waals surface area contributed by atoms with E-state index >= 15 is 0 Å². The van der Waals surface area contributed by atoms with E-state index < -0.39 is 27.3 Å². The molecule has 222 valence electrons. The summed E-state index contributed by atoms with van der Waals surface area (Å²) in [4.78, 5) is 43.0. The molecule has 2 aromatic carbocycles. The summed E-state index contributed by atoms with van der Waals surface area (Å²) in [6, 6.07) is 10.3. The van der Waals surface area contributed by atoms with Gasteiger partial charge in [-0.1, -0.05) is 12.1 Å². The highest BCUT2D eigenvalue weighted by atomic mass is 32.2. The number of hydrogen-bond donors (Lipinski definition) is 3. The van der Waals surface area contributed by atoms with Crippen LogP contribution in [0.25, 0.3) is 0 Å². The van der Waals surface area contributed by atoms with Gasteiger partial charge in [0.05, 0.1) is 32.6 Å². The quantitative estimate of drug-likeness (QED) is 0.352. The van der Waals surface area contributed by atoms with Gasteiger partial charge >= 0.3 is 6.09 Å². The molecule has 5 rings (SSSR count). The second-order valence-electron chi connectivity index (χ2n) is 11.6. The molecule has 3 aromatic rings. The number of carbonyl (C=O) groups excluding carboxylic acids is 3. The fourth-order valence-electron chi connectivity index (χ4n) is 5.23. The first kappa shape index (κ1) is 29.7. The number of ether oxygens (including phenoxy) is 1. The number of amides is 3. The van der Waals surface area contributed by atoms with E-state index in [0.29, 0.717) is 5.92 Å². The van der Waals surface area contributed by atoms with Gasteiger partial charge in [-0.25, -0.2) is 18.2 Å². The Labute approximate surface area is 249 Å². The van der Waals surface area contributed by atoms with Gasteiger partial charge in [0.25, 0.3) is 11.8 Å². The maximum atomic E-state index is 13.2. The normalized spacial score (nSPS) is 19.5. The number of benzene rings is 2. The molecular weight excluding hydrogens is 576 g/mol. The highest BCUT2D eigenvalue weighted by Crippen LogP contribution is 2.34. The topological polar surface area (TPSA) is 144 Å². The average Bonchev–Trinajstić information content (AvgIpc) is 3.35. The summed E-state index contributed by atoms with van der Waals surface area (Å²) in [5.74, 6) is -0.458. The lowest BCUT2D eigenvalue weighted by atomic mass is 9.84. The second-order valence-corrected chi connectivity index (χ2v) is 14.7. The van der Waals surface area contributed by atoms with Gasteiger partial charge in [0.1, 0.15) is 5.60 Å². The largest absolute Gasteiger partial charge is 0.444 e. The minimum absolute atomic E-state index is 0.0564. The molecule has 1 aromatic heterocycles. The van der Waals surface area contributed by atoms with Crippen LogP contribution in [0, 0.1) is 5.92 Å². The molecule has 0 unspecified atom stereocenters. The van der Waals surface area contributed by atoms with Crippen molar-refractivity contribution in [3.63, 3.8) is 0 Å². The van der Waals surface area contributed by atoms with Crippen molar-refractivity contribution >= 4 is 44.8 Å². The fraction of sp³-hybridized carbons (Fsp3) is 0.400. The number of carbonyl (C=O) groups is 3. The molecule has 2 aliphatic rings. The lowest BCUT2D eigenvalue weighted by Crippen LogP contribution is -2.41. The van der Waals surface area contributed by atoms with Crippen molar-refractivity contribution in [2.75, 3.05) is 5.32 Å². The van der Waals surface area contributed by atoms with Crippen LogP contribution in [0.4, 0.5) is 10.5 Å². The monoisotopic (exact) mass is 610 g/mol. The van der Waals surface area contributed by atoms with Crippen molar-refractivity contribution in [3.05, 3.63) is 69.7 Å². The second kappa shape index (κ2) is 11.8. The number of aromatic nitrogens is 1. The van der Waals surface area contributed by atoms with E-state index in [2.05, 4.69) is 20.9 Å². The minimum Gasteiger partial charge on any atom is -0.444 e. The molecule has 0 atom stereocenters. The van der Waals surface area contributed by atoms with Crippen LogP contribution in [0.2, 0.25) is 0 Å². The van der Waals surface area contributed by atoms with Gasteiger partial charge < -0.3 is 20.7 Å². The van der Waals surface area contributed by atoms with E-state index in [9.17, 15) is 22.8 Å². The highest BCUT2D eigenvalue weighted by molar-refractivity contribution is 7.91. The summed E-state index contributed by atoms with van der Waals surface area (Å²) >= 11 is 1.55. The molecule has 2 heterocycles. The van der Waals surface area contributed by atoms with Gasteiger partial charge in [0, 0.05) is 29.1 Å². The predicted molar refractivity (Wildman–Crippen MR) is 158 cm³/mol. The third-order valence-electron chi connectivity index (χ3n) is 7.26. The van der Waals surface area contributed by atoms with Crippen LogP contribution in [0.15, 0.2) is 58.5 Å². The van der Waals surface area contributed by atoms with Gasteiger partial charge in [0.15, 0.2) is 0 Å². The van der Waals surface area contributed by atoms with E-state index in [-0.39, 0.29) is 45.3 Å². The number of rotatable bonds is 6. The first-order valence-electron chi connectivity index (χ1n) is 13.9. The molecule has 0 radical (unpaired) electrons. The van der Waals surface area contributed by atoms with E-state index in [1.807, 2.05) is 20.8 Å². The van der Waals surface area contributed by atoms with Crippen LogP contribution in [0.5, 0.6) is 0 Å². The summed E-state index contributed by atoms with van der Waals surface area (Å²) < 4.78 is 31.7. The highest BCUT2D eigenvalue weighted by Gasteiger charge is 2.31. The summed E-state index contributed by atoms with van der Waals surface area (Å²) in [5, 5.41) is 9.46. The van der Waals surface area contributed by atoms with Crippen LogP contribution in [0.3, 0.4) is 0 Å². The zero-order valence-corrected chi connectivity index (χ0v) is 25.4. The molecule has 0 spiro atoms. The van der Waals surface area contributed by atoms with Crippen LogP contribution >= 0.6 is 11.3 Å². The minimum atomic E-state index is -3.94. The molecule has 1 aliphatic carbocycles. The smallest absolute Gasteiger partial charge is 0.407 e. The van der Waals surface area contributed by atoms with Crippen molar-refractivity contribution in [2.24, 2.45) is 5.92 Å². The van der Waals surface area contributed by atoms with Gasteiger partial charge in [0.2, 0.25) is 9.84 Å². The van der Waals surface area contributed by atoms with Crippen molar-refractivity contribution in [1.82, 2.24) is 15.6 Å². The predicted octanol–water partition coefficient (Wildman–Crippen LogP) is 5.10. The standard InChI is InChI=1S/C30H34N4O6S2/c1-30(2,3)40-29(37)33-20-11-8-18(9-12-20)14-26-31-16-21(41-26)17-32-27(35)19-10-13-25-23(15-19)34-28(36)22-6-4-5-7-24(22)42(25,38)39/h4-7,10,13,15-16,18,20H,8-9,11-12,14,17H2,1-3H3,(H,32,35)(H,33,37)(H,34,36). The molecule has 12 heteroatoms. The van der Waals surface area contributed by atoms with E-state index in [1.54, 1.807) is 29.7 Å². The Hall–Kier alpha value is -3.77. The Morgan fingerprint density at radius 2 is 1.81 bits per heavy atom. The Morgan fingerprint density at radius 3 is 2.55 bits per heavy atom. The number of anilines is 1. The van der Waals surface area contributed by atoms with Crippen molar-refractivity contribution < 1.29 is 27.5 Å². The van der Waals surface area contributed by atoms with Gasteiger partial charge in [-0.15, -0.1) is 11.3 Å². The Kier molecular flexibility index (Phi) is 8.38. The number of nitrogens with one attached hydrogen (secondary N) is 3. The zero-order valence-electron chi connectivity index (χ0n) is 23.7. The lowest BCUT2D eigenvalue weighted by molar-refractivity contribution is 0.0487. The fourth-order valence-corrected chi connectivity index (χ4v) is 7.79. The maximum Gasteiger partial charge on any atom is 0.407 e. The molecule has 1 fully saturated rings. The van der Waals surface area contributed by atoms with E-state index in [1.165, 1.54) is 30.3 Å². The van der Waals surface area contributed by atoms with Crippen LogP contribution in [0.1, 0.15) is 77.1 Å². The molecule has 1 aliphatic heterocycles. The van der Waals surface area contributed by atoms with Gasteiger partial charge in [-0.3, -0.25) is 9.59 Å². The van der Waals surface area contributed by atoms with E-state index in [0.717, 1.165) is 42.0 Å². The number of nitrogens with zero attached hydrogens (tertiary/aromatic N) is 1. The number of sulfone groups is 1. The number of alkyl carbamates (subject to hydrolysis) is 1. The van der Waals surface area contributed by atoms with Crippen LogP contribution in [-0.4, -0.2) is 43.0 Å². The Balaban J connectivity index is 1.14. The number of hydrogen-bond acceptors (Lipinski definition) is 8. The van der Waals surface area contributed by atoms with Gasteiger partial charge in [-0.05, 0) is 82.7 Å². The maximum absolute atomic E-state index is 13.2. The summed E-state index contributed by atoms with van der Waals surface area (Å²) in [6.07, 6.45) is 6.00. The Bertz CT molecular complexity index is 1620. The molecule has 1 saturated carbocycles. The van der Waals surface area contributed by atoms with Crippen LogP contribution < -0.4 is 16.0 Å². The van der Waals surface area contributed by atoms with Crippen LogP contribution in [-0.2, 0) is 27.5 Å². The Morgan fingerprint density at radius 1 is 1.07 bits per heavy atom. The van der Waals surface area contributed by atoms with Crippen molar-refractivity contribution in [1.29, 1.82) is 0 Å². The molecule has 0 saturated heterocycles. The number of fused-ring (bicyclic) bond motifs is 2. The van der Waals surface area contributed by atoms with Crippen molar-refractivity contribution in [3.8, 4) is 0 Å². The third-order valence-corrected chi connectivity index (χ3v) is 10.1. The average molecular weight is 611 g/mol.